The van der Waals surface area contributed by atoms with Gasteiger partial charge in [0.05, 0.1) is 0 Å². The van der Waals surface area contributed by atoms with Crippen LogP contribution < -0.4 is 5.73 Å². The lowest BCUT2D eigenvalue weighted by Gasteiger charge is -2.48. The molecule has 2 aromatic carbocycles. The Morgan fingerprint density at radius 2 is 1.35 bits per heavy atom. The third-order valence-electron chi connectivity index (χ3n) is 6.55. The van der Waals surface area contributed by atoms with Gasteiger partial charge in [-0.2, -0.15) is 0 Å². The highest BCUT2D eigenvalue weighted by atomic mass is 16.2. The fourth-order valence-corrected chi connectivity index (χ4v) is 4.66. The number of hydrogen-bond donors (Lipinski definition) is 1. The van der Waals surface area contributed by atoms with Gasteiger partial charge in [0.1, 0.15) is 5.54 Å². The van der Waals surface area contributed by atoms with Crippen LogP contribution in [0.15, 0.2) is 54.6 Å². The number of amides is 2. The molecule has 5 nitrogen and oxygen atoms in total. The largest absolute Gasteiger partial charge is 0.368 e. The fraction of sp³-hybridized carbons (Fsp3) is 0.385. The van der Waals surface area contributed by atoms with Gasteiger partial charge in [0, 0.05) is 29.8 Å². The van der Waals surface area contributed by atoms with Gasteiger partial charge in [-0.1, -0.05) is 36.5 Å². The Bertz CT molecular complexity index is 975. The maximum Gasteiger partial charge on any atom is 0.253 e. The zero-order chi connectivity index (χ0) is 21.7. The Morgan fingerprint density at radius 3 is 1.94 bits per heavy atom. The van der Waals surface area contributed by atoms with Crippen molar-refractivity contribution in [3.8, 4) is 11.8 Å². The number of primary amides is 1. The summed E-state index contributed by atoms with van der Waals surface area (Å²) >= 11 is 0. The average molecular weight is 416 g/mol. The monoisotopic (exact) mass is 415 g/mol. The summed E-state index contributed by atoms with van der Waals surface area (Å²) in [5.41, 5.74) is 7.73. The van der Waals surface area contributed by atoms with Crippen LogP contribution in [0.25, 0.3) is 0 Å². The van der Waals surface area contributed by atoms with Crippen LogP contribution in [0.5, 0.6) is 0 Å². The van der Waals surface area contributed by atoms with Crippen LogP contribution in [-0.4, -0.2) is 53.3 Å². The minimum Gasteiger partial charge on any atom is -0.368 e. The highest BCUT2D eigenvalue weighted by molar-refractivity contribution is 5.94. The number of benzene rings is 2. The third-order valence-corrected chi connectivity index (χ3v) is 6.55. The molecule has 2 N–H and O–H groups in total. The van der Waals surface area contributed by atoms with Crippen LogP contribution in [0.2, 0.25) is 0 Å². The van der Waals surface area contributed by atoms with Crippen molar-refractivity contribution in [1.29, 1.82) is 0 Å². The number of carbonyl (C=O) groups excluding carboxylic acids is 2. The van der Waals surface area contributed by atoms with Gasteiger partial charge in [0.15, 0.2) is 0 Å². The molecule has 160 valence electrons. The van der Waals surface area contributed by atoms with E-state index in [1.807, 2.05) is 59.5 Å². The summed E-state index contributed by atoms with van der Waals surface area (Å²) in [5, 5.41) is 0. The molecule has 0 bridgehead atoms. The number of nitrogens with zero attached hydrogens (tertiary/aromatic N) is 2. The first-order valence-electron chi connectivity index (χ1n) is 11.1. The number of nitrogens with two attached hydrogens (primary N) is 1. The van der Waals surface area contributed by atoms with E-state index < -0.39 is 5.54 Å². The maximum atomic E-state index is 13.0. The number of rotatable bonds is 3. The van der Waals surface area contributed by atoms with Crippen molar-refractivity contribution in [2.24, 2.45) is 5.73 Å². The first-order valence-corrected chi connectivity index (χ1v) is 11.1. The molecule has 2 aliphatic heterocycles. The van der Waals surface area contributed by atoms with E-state index in [4.69, 9.17) is 5.73 Å². The first-order chi connectivity index (χ1) is 15.1. The normalized spacial score (nSPS) is 18.6. The van der Waals surface area contributed by atoms with Crippen molar-refractivity contribution in [3.05, 3.63) is 71.3 Å². The minimum atomic E-state index is -0.603. The number of likely N-dealkylation sites (tertiary alicyclic amines) is 2. The van der Waals surface area contributed by atoms with Gasteiger partial charge in [0.25, 0.3) is 5.91 Å². The van der Waals surface area contributed by atoms with Crippen molar-refractivity contribution in [2.45, 2.75) is 37.6 Å². The van der Waals surface area contributed by atoms with E-state index in [0.29, 0.717) is 31.5 Å². The molecule has 2 fully saturated rings. The van der Waals surface area contributed by atoms with Crippen molar-refractivity contribution in [1.82, 2.24) is 9.80 Å². The minimum absolute atomic E-state index is 0.000664. The van der Waals surface area contributed by atoms with Gasteiger partial charge in [-0.25, -0.2) is 0 Å². The lowest BCUT2D eigenvalue weighted by molar-refractivity contribution is -0.134. The summed E-state index contributed by atoms with van der Waals surface area (Å²) in [6.45, 7) is 2.94. The van der Waals surface area contributed by atoms with E-state index in [2.05, 4.69) is 16.7 Å². The predicted octanol–water partition coefficient (Wildman–Crippen LogP) is 3.03. The molecule has 0 spiro atoms. The van der Waals surface area contributed by atoms with E-state index in [-0.39, 0.29) is 11.8 Å². The Morgan fingerprint density at radius 1 is 0.774 bits per heavy atom. The van der Waals surface area contributed by atoms with Crippen molar-refractivity contribution in [2.75, 3.05) is 26.2 Å². The van der Waals surface area contributed by atoms with Crippen LogP contribution >= 0.6 is 0 Å². The fourth-order valence-electron chi connectivity index (χ4n) is 4.66. The molecule has 2 aromatic rings. The van der Waals surface area contributed by atoms with Gasteiger partial charge in [-0.3, -0.25) is 14.5 Å². The van der Waals surface area contributed by atoms with Gasteiger partial charge < -0.3 is 10.6 Å². The first kappa shape index (κ1) is 21.1. The lowest BCUT2D eigenvalue weighted by Crippen LogP contribution is -2.63. The van der Waals surface area contributed by atoms with Gasteiger partial charge >= 0.3 is 0 Å². The number of carbonyl (C=O) groups is 2. The summed E-state index contributed by atoms with van der Waals surface area (Å²) in [4.78, 5) is 29.5. The van der Waals surface area contributed by atoms with E-state index in [0.717, 1.165) is 37.1 Å². The Balaban J connectivity index is 1.40. The molecule has 0 aliphatic carbocycles. The van der Waals surface area contributed by atoms with Crippen molar-refractivity contribution in [3.63, 3.8) is 0 Å². The summed E-state index contributed by atoms with van der Waals surface area (Å²) in [6.07, 6.45) is 4.64. The van der Waals surface area contributed by atoms with Gasteiger partial charge in [0.2, 0.25) is 5.91 Å². The Hall–Kier alpha value is -3.10. The summed E-state index contributed by atoms with van der Waals surface area (Å²) in [7, 11) is 0. The molecule has 0 radical (unpaired) electrons. The molecule has 0 atom stereocenters. The zero-order valence-electron chi connectivity index (χ0n) is 17.8. The Labute approximate surface area is 184 Å². The average Bonchev–Trinajstić information content (AvgIpc) is 2.84. The molecule has 4 rings (SSSR count). The molecule has 0 saturated carbocycles. The zero-order valence-corrected chi connectivity index (χ0v) is 17.8. The van der Waals surface area contributed by atoms with E-state index >= 15 is 0 Å². The van der Waals surface area contributed by atoms with Crippen LogP contribution in [0, 0.1) is 11.8 Å². The standard InChI is InChI=1S/C26H29N3O2/c27-25(31)26(29-17-5-2-6-18-29)15-19-28(20-16-26)24(30)23-13-11-22(12-14-23)10-9-21-7-3-1-4-8-21/h1,3-4,7-8,11-14H,2,5-6,15-20H2,(H2,27,31). The quantitative estimate of drug-likeness (QED) is 0.784. The second-order valence-corrected chi connectivity index (χ2v) is 8.43. The second-order valence-electron chi connectivity index (χ2n) is 8.43. The number of hydrogen-bond acceptors (Lipinski definition) is 3. The van der Waals surface area contributed by atoms with Crippen LogP contribution in [0.3, 0.4) is 0 Å². The third kappa shape index (κ3) is 4.65. The smallest absolute Gasteiger partial charge is 0.253 e. The molecule has 0 unspecified atom stereocenters. The topological polar surface area (TPSA) is 66.6 Å². The van der Waals surface area contributed by atoms with Crippen molar-refractivity contribution >= 4 is 11.8 Å². The molecule has 2 amide bonds. The van der Waals surface area contributed by atoms with Crippen LogP contribution in [0.1, 0.15) is 53.6 Å². The highest BCUT2D eigenvalue weighted by Gasteiger charge is 2.45. The summed E-state index contributed by atoms with van der Waals surface area (Å²) in [6, 6.07) is 17.3. The molecular formula is C26H29N3O2. The SMILES string of the molecule is NC(=O)C1(N2CCCCC2)CCN(C(=O)c2ccc(C#Cc3ccccc3)cc2)CC1. The Kier molecular flexibility index (Phi) is 6.39. The molecular weight excluding hydrogens is 386 g/mol. The van der Waals surface area contributed by atoms with Crippen molar-refractivity contribution < 1.29 is 9.59 Å². The summed E-state index contributed by atoms with van der Waals surface area (Å²) in [5.74, 6) is 6.02. The van der Waals surface area contributed by atoms with Gasteiger partial charge in [-0.15, -0.1) is 0 Å². The van der Waals surface area contributed by atoms with Gasteiger partial charge in [-0.05, 0) is 75.2 Å². The number of piperidine rings is 2. The van der Waals surface area contributed by atoms with E-state index in [9.17, 15) is 9.59 Å². The maximum absolute atomic E-state index is 13.0. The van der Waals surface area contributed by atoms with Crippen LogP contribution in [0.4, 0.5) is 0 Å². The lowest BCUT2D eigenvalue weighted by atomic mass is 9.83. The molecule has 0 aromatic heterocycles. The second kappa shape index (κ2) is 9.36. The molecule has 2 aliphatic rings. The molecule has 2 heterocycles. The molecule has 2 saturated heterocycles. The van der Waals surface area contributed by atoms with E-state index in [1.54, 1.807) is 0 Å². The molecule has 5 heteroatoms. The molecule has 31 heavy (non-hydrogen) atoms. The predicted molar refractivity (Wildman–Crippen MR) is 121 cm³/mol. The highest BCUT2D eigenvalue weighted by Crippen LogP contribution is 2.32. The van der Waals surface area contributed by atoms with Crippen LogP contribution in [-0.2, 0) is 4.79 Å². The summed E-state index contributed by atoms with van der Waals surface area (Å²) < 4.78 is 0. The van der Waals surface area contributed by atoms with E-state index in [1.165, 1.54) is 6.42 Å².